The number of nitrogens with one attached hydrogen (secondary N) is 1. The van der Waals surface area contributed by atoms with Crippen LogP contribution in [0.15, 0.2) is 42.6 Å². The topological polar surface area (TPSA) is 97.6 Å². The van der Waals surface area contributed by atoms with E-state index in [4.69, 9.17) is 4.74 Å². The average molecular weight is 356 g/mol. The standard InChI is InChI=1S/C18H20N4O4/c23-18(12-15-3-1-2-4-16(15)22(24)25)20-13-14-5-6-19-17(11-14)21-7-9-26-10-8-21/h1-6,11H,7-10,12-13H2,(H,20,23). The number of hydrogen-bond donors (Lipinski definition) is 1. The molecule has 0 unspecified atom stereocenters. The molecule has 1 aliphatic rings. The van der Waals surface area contributed by atoms with Crippen molar-refractivity contribution in [3.05, 3.63) is 63.8 Å². The minimum Gasteiger partial charge on any atom is -0.378 e. The van der Waals surface area contributed by atoms with Crippen LogP contribution in [0.3, 0.4) is 0 Å². The maximum Gasteiger partial charge on any atom is 0.273 e. The lowest BCUT2D eigenvalue weighted by Crippen LogP contribution is -2.36. The minimum absolute atomic E-state index is 0.0292. The van der Waals surface area contributed by atoms with Gasteiger partial charge in [0.05, 0.1) is 24.6 Å². The van der Waals surface area contributed by atoms with Crippen LogP contribution in [0.5, 0.6) is 0 Å². The molecule has 26 heavy (non-hydrogen) atoms. The summed E-state index contributed by atoms with van der Waals surface area (Å²) in [5, 5.41) is 13.8. The third-order valence-corrected chi connectivity index (χ3v) is 4.17. The van der Waals surface area contributed by atoms with Gasteiger partial charge in [-0.15, -0.1) is 0 Å². The van der Waals surface area contributed by atoms with Crippen LogP contribution in [0, 0.1) is 10.1 Å². The van der Waals surface area contributed by atoms with Crippen molar-refractivity contribution < 1.29 is 14.5 Å². The molecule has 0 saturated carbocycles. The largest absolute Gasteiger partial charge is 0.378 e. The predicted octanol–water partition coefficient (Wildman–Crippen LogP) is 1.69. The number of aromatic nitrogens is 1. The Kier molecular flexibility index (Phi) is 5.75. The van der Waals surface area contributed by atoms with Crippen molar-refractivity contribution in [1.82, 2.24) is 10.3 Å². The Labute approximate surface area is 150 Å². The van der Waals surface area contributed by atoms with Crippen LogP contribution < -0.4 is 10.2 Å². The number of morpholine rings is 1. The highest BCUT2D eigenvalue weighted by atomic mass is 16.6. The Morgan fingerprint density at radius 1 is 1.27 bits per heavy atom. The normalized spacial score (nSPS) is 14.1. The number of anilines is 1. The second-order valence-corrected chi connectivity index (χ2v) is 5.96. The van der Waals surface area contributed by atoms with E-state index in [1.807, 2.05) is 12.1 Å². The number of nitro groups is 1. The molecular weight excluding hydrogens is 336 g/mol. The lowest BCUT2D eigenvalue weighted by molar-refractivity contribution is -0.385. The zero-order valence-electron chi connectivity index (χ0n) is 14.3. The molecule has 1 aromatic heterocycles. The molecule has 0 bridgehead atoms. The van der Waals surface area contributed by atoms with Gasteiger partial charge in [0, 0.05) is 37.5 Å². The first-order valence-electron chi connectivity index (χ1n) is 8.40. The van der Waals surface area contributed by atoms with Gasteiger partial charge in [0.2, 0.25) is 5.91 Å². The Morgan fingerprint density at radius 3 is 2.81 bits per heavy atom. The Balaban J connectivity index is 1.59. The van der Waals surface area contributed by atoms with Crippen LogP contribution >= 0.6 is 0 Å². The fraction of sp³-hybridized carbons (Fsp3) is 0.333. The molecule has 0 spiro atoms. The van der Waals surface area contributed by atoms with Gasteiger partial charge in [0.15, 0.2) is 0 Å². The van der Waals surface area contributed by atoms with Gasteiger partial charge in [-0.2, -0.15) is 0 Å². The highest BCUT2D eigenvalue weighted by Crippen LogP contribution is 2.18. The highest BCUT2D eigenvalue weighted by molar-refractivity contribution is 5.79. The summed E-state index contributed by atoms with van der Waals surface area (Å²) in [6.45, 7) is 3.29. The number of carbonyl (C=O) groups is 1. The van der Waals surface area contributed by atoms with Gasteiger partial charge in [-0.25, -0.2) is 4.98 Å². The third kappa shape index (κ3) is 4.54. The van der Waals surface area contributed by atoms with E-state index in [0.717, 1.165) is 24.5 Å². The lowest BCUT2D eigenvalue weighted by Gasteiger charge is -2.28. The molecule has 1 aliphatic heterocycles. The molecule has 0 atom stereocenters. The van der Waals surface area contributed by atoms with E-state index in [-0.39, 0.29) is 18.0 Å². The molecule has 0 radical (unpaired) electrons. The lowest BCUT2D eigenvalue weighted by atomic mass is 10.1. The first-order valence-corrected chi connectivity index (χ1v) is 8.40. The van der Waals surface area contributed by atoms with Crippen molar-refractivity contribution in [1.29, 1.82) is 0 Å². The number of nitrogens with zero attached hydrogens (tertiary/aromatic N) is 3. The summed E-state index contributed by atoms with van der Waals surface area (Å²) >= 11 is 0. The zero-order chi connectivity index (χ0) is 18.4. The average Bonchev–Trinajstić information content (AvgIpc) is 2.67. The summed E-state index contributed by atoms with van der Waals surface area (Å²) in [5.41, 5.74) is 1.29. The summed E-state index contributed by atoms with van der Waals surface area (Å²) in [4.78, 5) is 29.2. The highest BCUT2D eigenvalue weighted by Gasteiger charge is 2.16. The van der Waals surface area contributed by atoms with Crippen molar-refractivity contribution in [2.45, 2.75) is 13.0 Å². The molecule has 1 N–H and O–H groups in total. The first kappa shape index (κ1) is 17.8. The van der Waals surface area contributed by atoms with Gasteiger partial charge in [0.25, 0.3) is 5.69 Å². The number of nitro benzene ring substituents is 1. The molecule has 8 nitrogen and oxygen atoms in total. The number of ether oxygens (including phenoxy) is 1. The summed E-state index contributed by atoms with van der Waals surface area (Å²) in [7, 11) is 0. The molecule has 136 valence electrons. The fourth-order valence-electron chi connectivity index (χ4n) is 2.81. The number of amides is 1. The summed E-state index contributed by atoms with van der Waals surface area (Å²) in [5.74, 6) is 0.600. The SMILES string of the molecule is O=C(Cc1ccccc1[N+](=O)[O-])NCc1ccnc(N2CCOCC2)c1. The predicted molar refractivity (Wildman–Crippen MR) is 95.9 cm³/mol. The minimum atomic E-state index is -0.472. The van der Waals surface area contributed by atoms with Crippen molar-refractivity contribution in [3.8, 4) is 0 Å². The van der Waals surface area contributed by atoms with Crippen LogP contribution in [0.25, 0.3) is 0 Å². The van der Waals surface area contributed by atoms with Gasteiger partial charge in [-0.1, -0.05) is 18.2 Å². The van der Waals surface area contributed by atoms with E-state index in [1.54, 1.807) is 24.4 Å². The molecule has 0 aliphatic carbocycles. The molecule has 1 fully saturated rings. The molecule has 1 amide bonds. The number of para-hydroxylation sites is 1. The van der Waals surface area contributed by atoms with Gasteiger partial charge < -0.3 is 15.0 Å². The van der Waals surface area contributed by atoms with E-state index in [0.29, 0.717) is 25.3 Å². The first-order chi connectivity index (χ1) is 12.6. The van der Waals surface area contributed by atoms with E-state index in [9.17, 15) is 14.9 Å². The number of benzene rings is 1. The Morgan fingerprint density at radius 2 is 2.04 bits per heavy atom. The second kappa shape index (κ2) is 8.39. The quantitative estimate of drug-likeness (QED) is 0.625. The van der Waals surface area contributed by atoms with Crippen molar-refractivity contribution >= 4 is 17.4 Å². The summed E-state index contributed by atoms with van der Waals surface area (Å²) in [6, 6.07) is 10.1. The number of rotatable bonds is 6. The maximum absolute atomic E-state index is 12.2. The van der Waals surface area contributed by atoms with E-state index in [2.05, 4.69) is 15.2 Å². The maximum atomic E-state index is 12.2. The second-order valence-electron chi connectivity index (χ2n) is 5.96. The number of hydrogen-bond acceptors (Lipinski definition) is 6. The molecule has 1 aromatic carbocycles. The van der Waals surface area contributed by atoms with Crippen LogP contribution in [-0.2, 0) is 22.5 Å². The molecule has 8 heteroatoms. The zero-order valence-corrected chi connectivity index (χ0v) is 14.3. The van der Waals surface area contributed by atoms with E-state index < -0.39 is 4.92 Å². The van der Waals surface area contributed by atoms with Crippen LogP contribution in [0.4, 0.5) is 11.5 Å². The van der Waals surface area contributed by atoms with Crippen molar-refractivity contribution in [2.75, 3.05) is 31.2 Å². The Bertz CT molecular complexity index is 790. The van der Waals surface area contributed by atoms with Crippen LogP contribution in [0.2, 0.25) is 0 Å². The molecule has 2 heterocycles. The van der Waals surface area contributed by atoms with Gasteiger partial charge in [-0.3, -0.25) is 14.9 Å². The third-order valence-electron chi connectivity index (χ3n) is 4.17. The van der Waals surface area contributed by atoms with Crippen LogP contribution in [-0.4, -0.2) is 42.1 Å². The smallest absolute Gasteiger partial charge is 0.273 e. The number of pyridine rings is 1. The van der Waals surface area contributed by atoms with Crippen molar-refractivity contribution in [2.24, 2.45) is 0 Å². The van der Waals surface area contributed by atoms with Gasteiger partial charge in [-0.05, 0) is 17.7 Å². The molecule has 2 aromatic rings. The monoisotopic (exact) mass is 356 g/mol. The fourth-order valence-corrected chi connectivity index (χ4v) is 2.81. The summed E-state index contributed by atoms with van der Waals surface area (Å²) in [6.07, 6.45) is 1.69. The van der Waals surface area contributed by atoms with Gasteiger partial charge >= 0.3 is 0 Å². The number of carbonyl (C=O) groups excluding carboxylic acids is 1. The molecular formula is C18H20N4O4. The van der Waals surface area contributed by atoms with Crippen molar-refractivity contribution in [3.63, 3.8) is 0 Å². The van der Waals surface area contributed by atoms with E-state index in [1.165, 1.54) is 6.07 Å². The van der Waals surface area contributed by atoms with Gasteiger partial charge in [0.1, 0.15) is 5.82 Å². The molecule has 3 rings (SSSR count). The molecule has 1 saturated heterocycles. The van der Waals surface area contributed by atoms with Crippen LogP contribution in [0.1, 0.15) is 11.1 Å². The van der Waals surface area contributed by atoms with E-state index >= 15 is 0 Å². The Hall–Kier alpha value is -3.00. The summed E-state index contributed by atoms with van der Waals surface area (Å²) < 4.78 is 5.34.